The molecular weight excluding hydrogens is 232 g/mol. The van der Waals surface area contributed by atoms with Crippen LogP contribution in [0.4, 0.5) is 0 Å². The lowest BCUT2D eigenvalue weighted by atomic mass is 10.3. The molecule has 0 fully saturated rings. The minimum atomic E-state index is -4.41. The first-order chi connectivity index (χ1) is 7.32. The van der Waals surface area contributed by atoms with Crippen molar-refractivity contribution in [1.29, 1.82) is 0 Å². The summed E-state index contributed by atoms with van der Waals surface area (Å²) in [5.74, 6) is -0.978. The fourth-order valence-corrected chi connectivity index (χ4v) is 1.55. The number of hydrogen-bond donors (Lipinski definition) is 1. The molecule has 0 aliphatic heterocycles. The van der Waals surface area contributed by atoms with E-state index >= 15 is 0 Å². The van der Waals surface area contributed by atoms with E-state index in [-0.39, 0.29) is 11.3 Å². The Bertz CT molecular complexity index is 530. The smallest absolute Gasteiger partial charge is 0.338 e. The Hall–Kier alpha value is -1.66. The maximum Gasteiger partial charge on any atom is 0.338 e. The summed E-state index contributed by atoms with van der Waals surface area (Å²) in [5.41, 5.74) is 0.130. The number of hydrogen-bond acceptors (Lipinski definition) is 4. The van der Waals surface area contributed by atoms with Crippen LogP contribution in [0, 0.1) is 0 Å². The molecule has 0 aliphatic rings. The topological polar surface area (TPSA) is 80.7 Å². The van der Waals surface area contributed by atoms with Crippen LogP contribution in [0.3, 0.4) is 0 Å². The quantitative estimate of drug-likeness (QED) is 0.375. The van der Waals surface area contributed by atoms with Crippen molar-refractivity contribution in [1.82, 2.24) is 0 Å². The molecule has 1 rings (SSSR count). The van der Waals surface area contributed by atoms with E-state index in [1.54, 1.807) is 0 Å². The summed E-state index contributed by atoms with van der Waals surface area (Å²) in [6.45, 7) is 4.79. The molecule has 0 heterocycles. The molecule has 0 unspecified atom stereocenters. The molecule has 0 bridgehead atoms. The summed E-state index contributed by atoms with van der Waals surface area (Å²) in [7, 11) is -4.41. The van der Waals surface area contributed by atoms with Gasteiger partial charge < -0.3 is 4.74 Å². The number of ether oxygens (including phenoxy) is 1. The van der Waals surface area contributed by atoms with Crippen molar-refractivity contribution >= 4 is 16.1 Å². The second kappa shape index (κ2) is 4.46. The summed E-state index contributed by atoms with van der Waals surface area (Å²) in [5, 5.41) is 0. The van der Waals surface area contributed by atoms with Gasteiger partial charge in [0.1, 0.15) is 4.90 Å². The molecule has 6 heteroatoms. The Balaban J connectivity index is 3.16. The first-order valence-electron chi connectivity index (χ1n) is 4.26. The molecule has 0 aromatic heterocycles. The highest BCUT2D eigenvalue weighted by Gasteiger charge is 2.18. The maximum absolute atomic E-state index is 11.2. The fraction of sp³-hybridized carbons (Fsp3) is 0.100. The second-order valence-corrected chi connectivity index (χ2v) is 4.48. The molecule has 16 heavy (non-hydrogen) atoms. The molecule has 0 aliphatic carbocycles. The number of rotatable bonds is 3. The minimum Gasteiger partial charge on any atom is -0.422 e. The molecule has 1 aromatic carbocycles. The number of carbonyl (C=O) groups is 1. The molecule has 86 valence electrons. The fourth-order valence-electron chi connectivity index (χ4n) is 0.935. The van der Waals surface area contributed by atoms with Crippen LogP contribution in [0.15, 0.2) is 41.3 Å². The van der Waals surface area contributed by atoms with Crippen molar-refractivity contribution in [3.8, 4) is 5.75 Å². The van der Waals surface area contributed by atoms with E-state index in [4.69, 9.17) is 9.29 Å². The van der Waals surface area contributed by atoms with Gasteiger partial charge in [-0.3, -0.25) is 4.55 Å². The SMILES string of the molecule is C=C(C)C(=O)Oc1ccccc1S(=O)(=O)O. The number of benzene rings is 1. The molecule has 0 amide bonds. The average molecular weight is 242 g/mol. The van der Waals surface area contributed by atoms with Gasteiger partial charge in [-0.1, -0.05) is 18.7 Å². The monoisotopic (exact) mass is 242 g/mol. The van der Waals surface area contributed by atoms with Crippen molar-refractivity contribution in [2.24, 2.45) is 0 Å². The van der Waals surface area contributed by atoms with Crippen molar-refractivity contribution < 1.29 is 22.5 Å². The van der Waals surface area contributed by atoms with Crippen molar-refractivity contribution in [3.63, 3.8) is 0 Å². The van der Waals surface area contributed by atoms with Crippen LogP contribution in [-0.2, 0) is 14.9 Å². The van der Waals surface area contributed by atoms with Gasteiger partial charge in [0.05, 0.1) is 0 Å². The van der Waals surface area contributed by atoms with Gasteiger partial charge in [0, 0.05) is 5.57 Å². The van der Waals surface area contributed by atoms with E-state index in [0.29, 0.717) is 0 Å². The lowest BCUT2D eigenvalue weighted by molar-refractivity contribution is -0.130. The third-order valence-electron chi connectivity index (χ3n) is 1.68. The zero-order valence-electron chi connectivity index (χ0n) is 8.50. The Morgan fingerprint density at radius 1 is 1.38 bits per heavy atom. The molecular formula is C10H10O5S. The first-order valence-corrected chi connectivity index (χ1v) is 5.70. The second-order valence-electron chi connectivity index (χ2n) is 3.09. The summed E-state index contributed by atoms with van der Waals surface area (Å²) in [6.07, 6.45) is 0. The van der Waals surface area contributed by atoms with Crippen LogP contribution in [0.2, 0.25) is 0 Å². The van der Waals surface area contributed by atoms with Gasteiger partial charge in [-0.15, -0.1) is 0 Å². The van der Waals surface area contributed by atoms with Gasteiger partial charge in [-0.05, 0) is 19.1 Å². The van der Waals surface area contributed by atoms with Gasteiger partial charge in [0.25, 0.3) is 10.1 Å². The highest BCUT2D eigenvalue weighted by molar-refractivity contribution is 7.86. The molecule has 0 spiro atoms. The van der Waals surface area contributed by atoms with Gasteiger partial charge in [-0.2, -0.15) is 8.42 Å². The van der Waals surface area contributed by atoms with Crippen LogP contribution in [0.25, 0.3) is 0 Å². The van der Waals surface area contributed by atoms with E-state index in [1.807, 2.05) is 0 Å². The summed E-state index contributed by atoms with van der Waals surface area (Å²) >= 11 is 0. The van der Waals surface area contributed by atoms with Gasteiger partial charge in [0.2, 0.25) is 0 Å². The predicted molar refractivity (Wildman–Crippen MR) is 56.7 cm³/mol. The van der Waals surface area contributed by atoms with Crippen LogP contribution in [0.1, 0.15) is 6.92 Å². The van der Waals surface area contributed by atoms with Crippen LogP contribution in [-0.4, -0.2) is 18.9 Å². The first kappa shape index (κ1) is 12.4. The van der Waals surface area contributed by atoms with Crippen LogP contribution < -0.4 is 4.74 Å². The number of carbonyl (C=O) groups excluding carboxylic acids is 1. The third kappa shape index (κ3) is 2.91. The van der Waals surface area contributed by atoms with Crippen molar-refractivity contribution in [2.45, 2.75) is 11.8 Å². The van der Waals surface area contributed by atoms with E-state index in [2.05, 4.69) is 6.58 Å². The Labute approximate surface area is 93.1 Å². The number of para-hydroxylation sites is 1. The minimum absolute atomic E-state index is 0.130. The normalized spacial score (nSPS) is 10.9. The predicted octanol–water partition coefficient (Wildman–Crippen LogP) is 1.41. The Morgan fingerprint density at radius 3 is 2.44 bits per heavy atom. The third-order valence-corrected chi connectivity index (χ3v) is 2.57. The lowest BCUT2D eigenvalue weighted by Gasteiger charge is -2.07. The molecule has 0 saturated heterocycles. The molecule has 0 saturated carbocycles. The van der Waals surface area contributed by atoms with E-state index in [1.165, 1.54) is 25.1 Å². The summed E-state index contributed by atoms with van der Waals surface area (Å²) < 4.78 is 35.5. The van der Waals surface area contributed by atoms with Crippen molar-refractivity contribution in [2.75, 3.05) is 0 Å². The average Bonchev–Trinajstić information content (AvgIpc) is 2.16. The molecule has 1 aromatic rings. The zero-order chi connectivity index (χ0) is 12.3. The van der Waals surface area contributed by atoms with Gasteiger partial charge >= 0.3 is 5.97 Å². The van der Waals surface area contributed by atoms with Crippen LogP contribution in [0.5, 0.6) is 5.75 Å². The largest absolute Gasteiger partial charge is 0.422 e. The van der Waals surface area contributed by atoms with E-state index < -0.39 is 21.0 Å². The lowest BCUT2D eigenvalue weighted by Crippen LogP contribution is -2.11. The standard InChI is InChI=1S/C10H10O5S/c1-7(2)10(11)15-8-5-3-4-6-9(8)16(12,13)14/h3-6H,1H2,2H3,(H,12,13,14). The maximum atomic E-state index is 11.2. The Kier molecular flexibility index (Phi) is 3.46. The summed E-state index contributed by atoms with van der Waals surface area (Å²) in [4.78, 5) is 10.7. The van der Waals surface area contributed by atoms with Crippen molar-refractivity contribution in [3.05, 3.63) is 36.4 Å². The molecule has 5 nitrogen and oxygen atoms in total. The molecule has 0 radical (unpaired) electrons. The molecule has 0 atom stereocenters. The van der Waals surface area contributed by atoms with Crippen LogP contribution >= 0.6 is 0 Å². The van der Waals surface area contributed by atoms with E-state index in [0.717, 1.165) is 6.07 Å². The zero-order valence-corrected chi connectivity index (χ0v) is 9.32. The summed E-state index contributed by atoms with van der Waals surface area (Å²) in [6, 6.07) is 5.29. The Morgan fingerprint density at radius 2 is 1.94 bits per heavy atom. The van der Waals surface area contributed by atoms with Gasteiger partial charge in [-0.25, -0.2) is 4.79 Å². The highest BCUT2D eigenvalue weighted by Crippen LogP contribution is 2.23. The van der Waals surface area contributed by atoms with Gasteiger partial charge in [0.15, 0.2) is 5.75 Å². The van der Waals surface area contributed by atoms with E-state index in [9.17, 15) is 13.2 Å². The highest BCUT2D eigenvalue weighted by atomic mass is 32.2. The number of esters is 1. The molecule has 1 N–H and O–H groups in total.